The average Bonchev–Trinajstić information content (AvgIpc) is 2.96. The predicted octanol–water partition coefficient (Wildman–Crippen LogP) is 4.65. The van der Waals surface area contributed by atoms with E-state index >= 15 is 0 Å². The number of nitrogens with zero attached hydrogens (tertiary/aromatic N) is 2. The molecule has 0 aromatic heterocycles. The van der Waals surface area contributed by atoms with Gasteiger partial charge in [0.15, 0.2) is 9.84 Å². The Morgan fingerprint density at radius 2 is 1.68 bits per heavy atom. The lowest BCUT2D eigenvalue weighted by atomic mass is 9.99. The molecule has 3 aromatic carbocycles. The summed E-state index contributed by atoms with van der Waals surface area (Å²) in [6, 6.07) is 21.7. The topological polar surface area (TPSA) is 86.8 Å². The van der Waals surface area contributed by atoms with Crippen molar-refractivity contribution in [3.63, 3.8) is 0 Å². The molecule has 0 saturated carbocycles. The Morgan fingerprint density at radius 3 is 2.29 bits per heavy atom. The number of likely N-dealkylation sites (N-methyl/N-ethyl adjacent to an activating group) is 1. The van der Waals surface area contributed by atoms with Crippen molar-refractivity contribution in [2.45, 2.75) is 49.6 Å². The first-order valence-electron chi connectivity index (χ1n) is 14.1. The Kier molecular flexibility index (Phi) is 10.3. The van der Waals surface area contributed by atoms with E-state index in [1.54, 1.807) is 42.5 Å². The maximum absolute atomic E-state index is 14.0. The summed E-state index contributed by atoms with van der Waals surface area (Å²) in [5.41, 5.74) is 2.08. The predicted molar refractivity (Wildman–Crippen MR) is 158 cm³/mol. The molecule has 2 amide bonds. The maximum Gasteiger partial charge on any atom is 0.251 e. The average molecular weight is 580 g/mol. The summed E-state index contributed by atoms with van der Waals surface area (Å²) in [5, 5.41) is 3.08. The minimum absolute atomic E-state index is 0.0350. The Morgan fingerprint density at radius 1 is 1.00 bits per heavy atom. The number of piperidine rings is 1. The first-order chi connectivity index (χ1) is 19.6. The van der Waals surface area contributed by atoms with Crippen LogP contribution >= 0.6 is 0 Å². The van der Waals surface area contributed by atoms with Crippen LogP contribution in [0, 0.1) is 5.82 Å². The SMILES string of the molecule is CCN(C(=O)Cc1ccc(S(C)(=O)=O)cc1)C1CCN(CC[C@H](NC(=O)c2ccccc2)c2cccc(F)c2)CC1. The molecule has 1 heterocycles. The van der Waals surface area contributed by atoms with Gasteiger partial charge in [-0.1, -0.05) is 42.5 Å². The summed E-state index contributed by atoms with van der Waals surface area (Å²) in [7, 11) is -3.28. The second-order valence-electron chi connectivity index (χ2n) is 10.6. The van der Waals surface area contributed by atoms with Crippen LogP contribution in [-0.4, -0.2) is 68.5 Å². The number of carbonyl (C=O) groups is 2. The normalized spacial score (nSPS) is 15.3. The van der Waals surface area contributed by atoms with Crippen molar-refractivity contribution in [2.24, 2.45) is 0 Å². The van der Waals surface area contributed by atoms with E-state index in [2.05, 4.69) is 10.2 Å². The molecule has 1 N–H and O–H groups in total. The van der Waals surface area contributed by atoms with Gasteiger partial charge in [0, 0.05) is 44.0 Å². The van der Waals surface area contributed by atoms with Gasteiger partial charge in [0.2, 0.25) is 5.91 Å². The number of likely N-dealkylation sites (tertiary alicyclic amines) is 1. The first-order valence-corrected chi connectivity index (χ1v) is 16.0. The highest BCUT2D eigenvalue weighted by Crippen LogP contribution is 2.23. The van der Waals surface area contributed by atoms with E-state index < -0.39 is 9.84 Å². The minimum Gasteiger partial charge on any atom is -0.345 e. The van der Waals surface area contributed by atoms with Crippen molar-refractivity contribution in [1.82, 2.24) is 15.1 Å². The van der Waals surface area contributed by atoms with Crippen LogP contribution in [0.1, 0.15) is 53.7 Å². The molecular weight excluding hydrogens is 541 g/mol. The van der Waals surface area contributed by atoms with Crippen LogP contribution in [0.4, 0.5) is 4.39 Å². The fourth-order valence-corrected chi connectivity index (χ4v) is 6.04. The molecule has 1 aliphatic heterocycles. The van der Waals surface area contributed by atoms with Gasteiger partial charge in [0.25, 0.3) is 5.91 Å². The van der Waals surface area contributed by atoms with E-state index in [0.717, 1.165) is 43.6 Å². The molecule has 0 spiro atoms. The highest BCUT2D eigenvalue weighted by Gasteiger charge is 2.28. The molecule has 218 valence electrons. The summed E-state index contributed by atoms with van der Waals surface area (Å²) >= 11 is 0. The molecule has 1 saturated heterocycles. The van der Waals surface area contributed by atoms with E-state index in [4.69, 9.17) is 0 Å². The van der Waals surface area contributed by atoms with Crippen molar-refractivity contribution < 1.29 is 22.4 Å². The lowest BCUT2D eigenvalue weighted by molar-refractivity contribution is -0.133. The number of hydrogen-bond donors (Lipinski definition) is 1. The smallest absolute Gasteiger partial charge is 0.251 e. The lowest BCUT2D eigenvalue weighted by Gasteiger charge is -2.38. The molecule has 1 atom stereocenters. The monoisotopic (exact) mass is 579 g/mol. The van der Waals surface area contributed by atoms with E-state index in [1.807, 2.05) is 36.1 Å². The Balaban J connectivity index is 1.32. The second-order valence-corrected chi connectivity index (χ2v) is 12.6. The standard InChI is InChI=1S/C32H38FN3O4S/c1-3-36(31(37)22-24-12-14-29(15-13-24)41(2,39)40)28-16-19-35(20-17-28)21-18-30(26-10-7-11-27(33)23-26)34-32(38)25-8-5-4-6-9-25/h4-15,23,28,30H,3,16-22H2,1-2H3,(H,34,38)/t30-/m0/s1. The Hall–Kier alpha value is -3.56. The van der Waals surface area contributed by atoms with E-state index in [1.165, 1.54) is 18.4 Å². The van der Waals surface area contributed by atoms with Crippen molar-refractivity contribution in [3.05, 3.63) is 101 Å². The zero-order chi connectivity index (χ0) is 29.4. The van der Waals surface area contributed by atoms with Gasteiger partial charge in [-0.2, -0.15) is 0 Å². The van der Waals surface area contributed by atoms with Crippen LogP contribution in [-0.2, 0) is 21.1 Å². The van der Waals surface area contributed by atoms with Crippen LogP contribution < -0.4 is 5.32 Å². The van der Waals surface area contributed by atoms with Gasteiger partial charge >= 0.3 is 0 Å². The molecule has 41 heavy (non-hydrogen) atoms. The van der Waals surface area contributed by atoms with Crippen LogP contribution in [0.25, 0.3) is 0 Å². The molecule has 0 aliphatic carbocycles. The Labute approximate surface area is 242 Å². The van der Waals surface area contributed by atoms with Gasteiger partial charge in [0.05, 0.1) is 17.4 Å². The second kappa shape index (κ2) is 13.9. The third-order valence-corrected chi connectivity index (χ3v) is 8.82. The largest absolute Gasteiger partial charge is 0.345 e. The number of rotatable bonds is 11. The van der Waals surface area contributed by atoms with Crippen molar-refractivity contribution >= 4 is 21.7 Å². The van der Waals surface area contributed by atoms with Gasteiger partial charge in [-0.05, 0) is 73.7 Å². The molecule has 9 heteroatoms. The molecule has 0 bridgehead atoms. The quantitative estimate of drug-likeness (QED) is 0.358. The molecule has 4 rings (SSSR count). The number of hydrogen-bond acceptors (Lipinski definition) is 5. The minimum atomic E-state index is -3.28. The summed E-state index contributed by atoms with van der Waals surface area (Å²) in [4.78, 5) is 30.5. The highest BCUT2D eigenvalue weighted by atomic mass is 32.2. The van der Waals surface area contributed by atoms with E-state index in [0.29, 0.717) is 18.5 Å². The third kappa shape index (κ3) is 8.47. The molecule has 1 fully saturated rings. The van der Waals surface area contributed by atoms with E-state index in [-0.39, 0.29) is 41.0 Å². The van der Waals surface area contributed by atoms with Gasteiger partial charge in [-0.25, -0.2) is 12.8 Å². The molecule has 0 unspecified atom stereocenters. The fourth-order valence-electron chi connectivity index (χ4n) is 5.41. The lowest BCUT2D eigenvalue weighted by Crippen LogP contribution is -2.48. The molecular formula is C32H38FN3O4S. The summed E-state index contributed by atoms with van der Waals surface area (Å²) in [6.45, 7) is 4.96. The van der Waals surface area contributed by atoms with Crippen molar-refractivity contribution in [1.29, 1.82) is 0 Å². The number of nitrogens with one attached hydrogen (secondary N) is 1. The van der Waals surface area contributed by atoms with Crippen molar-refractivity contribution in [3.8, 4) is 0 Å². The molecule has 1 aliphatic rings. The zero-order valence-electron chi connectivity index (χ0n) is 23.6. The fraction of sp³-hybridized carbons (Fsp3) is 0.375. The molecule has 7 nitrogen and oxygen atoms in total. The first kappa shape index (κ1) is 30.4. The van der Waals surface area contributed by atoms with Crippen molar-refractivity contribution in [2.75, 3.05) is 32.4 Å². The number of halogens is 1. The van der Waals surface area contributed by atoms with Crippen LogP contribution in [0.2, 0.25) is 0 Å². The number of carbonyl (C=O) groups excluding carboxylic acids is 2. The Bertz CT molecular complexity index is 1420. The van der Waals surface area contributed by atoms with E-state index in [9.17, 15) is 22.4 Å². The van der Waals surface area contributed by atoms with Gasteiger partial charge in [-0.3, -0.25) is 9.59 Å². The van der Waals surface area contributed by atoms with Crippen LogP contribution in [0.15, 0.2) is 83.8 Å². The van der Waals surface area contributed by atoms with Crippen LogP contribution in [0.3, 0.4) is 0 Å². The van der Waals surface area contributed by atoms with Gasteiger partial charge in [-0.15, -0.1) is 0 Å². The number of amides is 2. The summed E-state index contributed by atoms with van der Waals surface area (Å²) in [5.74, 6) is -0.493. The van der Waals surface area contributed by atoms with Gasteiger partial charge < -0.3 is 15.1 Å². The zero-order valence-corrected chi connectivity index (χ0v) is 24.4. The van der Waals surface area contributed by atoms with Gasteiger partial charge in [0.1, 0.15) is 5.82 Å². The van der Waals surface area contributed by atoms with Crippen LogP contribution in [0.5, 0.6) is 0 Å². The number of benzene rings is 3. The maximum atomic E-state index is 14.0. The summed E-state index contributed by atoms with van der Waals surface area (Å²) in [6.07, 6.45) is 3.71. The molecule has 3 aromatic rings. The highest BCUT2D eigenvalue weighted by molar-refractivity contribution is 7.90. The third-order valence-electron chi connectivity index (χ3n) is 7.69. The molecule has 0 radical (unpaired) electrons. The summed E-state index contributed by atoms with van der Waals surface area (Å²) < 4.78 is 37.5. The number of sulfone groups is 1.